The topological polar surface area (TPSA) is 0 Å². The summed E-state index contributed by atoms with van der Waals surface area (Å²) in [4.78, 5) is 0. The molecule has 118 valence electrons. The lowest BCUT2D eigenvalue weighted by Gasteiger charge is -2.03. The zero-order valence-electron chi connectivity index (χ0n) is 13.8. The van der Waals surface area contributed by atoms with Gasteiger partial charge in [0.25, 0.3) is 0 Å². The quantitative estimate of drug-likeness (QED) is 0.211. The summed E-state index contributed by atoms with van der Waals surface area (Å²) in [5, 5.41) is 2.68. The second-order valence-corrected chi connectivity index (χ2v) is 6.30. The van der Waals surface area contributed by atoms with Gasteiger partial charge in [0.1, 0.15) is 0 Å². The Kier molecular flexibility index (Phi) is 18.7. The molecule has 0 rings (SSSR count). The first kappa shape index (κ1) is 19.9. The molecule has 0 aromatic heterocycles. The number of hydrogen-bond donors (Lipinski definition) is 0. The molecule has 0 heterocycles. The van der Waals surface area contributed by atoms with Crippen molar-refractivity contribution in [2.75, 3.05) is 0 Å². The Morgan fingerprint density at radius 1 is 0.600 bits per heavy atom. The molecular formula is C19H36S. The van der Waals surface area contributed by atoms with E-state index in [1.54, 1.807) is 0 Å². The number of hydrogen-bond acceptors (Lipinski definition) is 1. The van der Waals surface area contributed by atoms with Crippen LogP contribution in [0.25, 0.3) is 0 Å². The minimum atomic E-state index is 1.13. The van der Waals surface area contributed by atoms with Gasteiger partial charge in [0, 0.05) is 0 Å². The molecule has 0 atom stereocenters. The lowest BCUT2D eigenvalue weighted by molar-refractivity contribution is 0.533. The molecule has 0 saturated carbocycles. The van der Waals surface area contributed by atoms with E-state index in [4.69, 9.17) is 0 Å². The number of thiocarbonyl (C=S) groups is 1. The second-order valence-electron chi connectivity index (χ2n) is 6.06. The van der Waals surface area contributed by atoms with E-state index in [0.717, 1.165) is 6.42 Å². The molecule has 0 aromatic carbocycles. The fourth-order valence-corrected chi connectivity index (χ4v) is 2.79. The van der Waals surface area contributed by atoms with Gasteiger partial charge in [0.05, 0.1) is 0 Å². The van der Waals surface area contributed by atoms with Crippen molar-refractivity contribution in [3.63, 3.8) is 0 Å². The van der Waals surface area contributed by atoms with Gasteiger partial charge in [-0.2, -0.15) is 0 Å². The Morgan fingerprint density at radius 3 is 1.30 bits per heavy atom. The summed E-state index contributed by atoms with van der Waals surface area (Å²) in [7, 11) is 0. The van der Waals surface area contributed by atoms with Gasteiger partial charge in [-0.3, -0.25) is 0 Å². The van der Waals surface area contributed by atoms with E-state index in [9.17, 15) is 0 Å². The van der Waals surface area contributed by atoms with Gasteiger partial charge >= 0.3 is 0 Å². The predicted molar refractivity (Wildman–Crippen MR) is 96.7 cm³/mol. The Bertz CT molecular complexity index is 216. The second kappa shape index (κ2) is 18.9. The van der Waals surface area contributed by atoms with Gasteiger partial charge in [0.2, 0.25) is 0 Å². The third-order valence-corrected chi connectivity index (χ3v) is 4.20. The van der Waals surface area contributed by atoms with E-state index in [2.05, 4.69) is 24.2 Å². The van der Waals surface area contributed by atoms with Crippen LogP contribution < -0.4 is 0 Å². The zero-order chi connectivity index (χ0) is 14.7. The molecular weight excluding hydrogens is 260 g/mol. The summed E-state index contributed by atoms with van der Waals surface area (Å²) in [6.07, 6.45) is 24.6. The van der Waals surface area contributed by atoms with Crippen molar-refractivity contribution in [1.29, 1.82) is 0 Å². The molecule has 0 aliphatic carbocycles. The molecule has 20 heavy (non-hydrogen) atoms. The van der Waals surface area contributed by atoms with Crippen LogP contribution in [0.15, 0.2) is 6.08 Å². The van der Waals surface area contributed by atoms with Crippen molar-refractivity contribution < 1.29 is 0 Å². The first-order valence-electron chi connectivity index (χ1n) is 9.11. The van der Waals surface area contributed by atoms with Crippen molar-refractivity contribution in [1.82, 2.24) is 0 Å². The highest BCUT2D eigenvalue weighted by atomic mass is 32.1. The largest absolute Gasteiger partial charge is 0.0654 e. The zero-order valence-corrected chi connectivity index (χ0v) is 14.6. The summed E-state index contributed by atoms with van der Waals surface area (Å²) in [5.41, 5.74) is 0. The first-order valence-corrected chi connectivity index (χ1v) is 9.52. The lowest BCUT2D eigenvalue weighted by atomic mass is 10.0. The van der Waals surface area contributed by atoms with E-state index in [1.165, 1.54) is 96.3 Å². The van der Waals surface area contributed by atoms with Crippen LogP contribution in [0.3, 0.4) is 0 Å². The van der Waals surface area contributed by atoms with Crippen LogP contribution in [0.5, 0.6) is 0 Å². The predicted octanol–water partition coefficient (Wildman–Crippen LogP) is 7.40. The molecule has 0 aliphatic rings. The van der Waals surface area contributed by atoms with Crippen LogP contribution in [-0.4, -0.2) is 5.02 Å². The molecule has 0 fully saturated rings. The molecule has 0 aliphatic heterocycles. The Morgan fingerprint density at radius 2 is 0.950 bits per heavy atom. The molecule has 0 N–H and O–H groups in total. The van der Waals surface area contributed by atoms with Crippen LogP contribution in [-0.2, 0) is 0 Å². The average Bonchev–Trinajstić information content (AvgIpc) is 2.47. The summed E-state index contributed by atoms with van der Waals surface area (Å²) >= 11 is 4.65. The van der Waals surface area contributed by atoms with Crippen LogP contribution in [0.4, 0.5) is 0 Å². The number of allylic oxidation sites excluding steroid dienone is 1. The molecule has 0 spiro atoms. The van der Waals surface area contributed by atoms with Gasteiger partial charge in [-0.05, 0) is 31.1 Å². The van der Waals surface area contributed by atoms with E-state index >= 15 is 0 Å². The van der Waals surface area contributed by atoms with Crippen LogP contribution >= 0.6 is 12.2 Å². The third-order valence-electron chi connectivity index (χ3n) is 4.04. The van der Waals surface area contributed by atoms with Crippen LogP contribution in [0.2, 0.25) is 0 Å². The fourth-order valence-electron chi connectivity index (χ4n) is 2.68. The Balaban J connectivity index is 2.94. The van der Waals surface area contributed by atoms with Crippen molar-refractivity contribution in [3.8, 4) is 0 Å². The summed E-state index contributed by atoms with van der Waals surface area (Å²) in [6, 6.07) is 0. The summed E-state index contributed by atoms with van der Waals surface area (Å²) in [5.74, 6) is 0. The molecule has 0 saturated heterocycles. The molecule has 0 bridgehead atoms. The summed E-state index contributed by atoms with van der Waals surface area (Å²) in [6.45, 7) is 2.29. The van der Waals surface area contributed by atoms with Crippen LogP contribution in [0, 0.1) is 0 Å². The third kappa shape index (κ3) is 17.9. The molecule has 0 amide bonds. The van der Waals surface area contributed by atoms with Gasteiger partial charge in [-0.1, -0.05) is 102 Å². The Labute approximate surface area is 133 Å². The van der Waals surface area contributed by atoms with Crippen molar-refractivity contribution in [2.45, 2.75) is 110 Å². The van der Waals surface area contributed by atoms with Gasteiger partial charge in [-0.15, -0.1) is 0 Å². The molecule has 0 aromatic rings. The van der Waals surface area contributed by atoms with E-state index in [-0.39, 0.29) is 0 Å². The minimum Gasteiger partial charge on any atom is -0.0654 e. The molecule has 0 nitrogen and oxygen atoms in total. The summed E-state index contributed by atoms with van der Waals surface area (Å²) < 4.78 is 0. The maximum absolute atomic E-state index is 4.65. The normalized spacial score (nSPS) is 10.4. The molecule has 0 radical (unpaired) electrons. The van der Waals surface area contributed by atoms with Crippen molar-refractivity contribution in [2.24, 2.45) is 0 Å². The van der Waals surface area contributed by atoms with E-state index < -0.39 is 0 Å². The Hall–Kier alpha value is -0.130. The standard InChI is InChI=1S/C19H36S/c1-2-3-4-5-6-7-8-9-10-11-12-13-14-15-16-17-18-19-20/h18H,2-17H2,1H3. The van der Waals surface area contributed by atoms with Gasteiger partial charge < -0.3 is 0 Å². The van der Waals surface area contributed by atoms with Gasteiger partial charge in [-0.25, -0.2) is 0 Å². The highest BCUT2D eigenvalue weighted by Crippen LogP contribution is 2.13. The van der Waals surface area contributed by atoms with E-state index in [1.807, 2.05) is 6.08 Å². The average molecular weight is 297 g/mol. The van der Waals surface area contributed by atoms with Crippen molar-refractivity contribution >= 4 is 17.2 Å². The smallest absolute Gasteiger partial charge is 0.0266 e. The van der Waals surface area contributed by atoms with Crippen molar-refractivity contribution in [3.05, 3.63) is 6.08 Å². The molecule has 1 heteroatoms. The SMILES string of the molecule is CCCCCCCCCCCCCCCCCC=C=S. The van der Waals surface area contributed by atoms with Crippen LogP contribution in [0.1, 0.15) is 110 Å². The minimum absolute atomic E-state index is 1.13. The lowest BCUT2D eigenvalue weighted by Crippen LogP contribution is -1.83. The highest BCUT2D eigenvalue weighted by Gasteiger charge is 1.93. The van der Waals surface area contributed by atoms with Gasteiger partial charge in [0.15, 0.2) is 0 Å². The molecule has 0 unspecified atom stereocenters. The first-order chi connectivity index (χ1) is 9.91. The monoisotopic (exact) mass is 296 g/mol. The maximum atomic E-state index is 4.65. The fraction of sp³-hybridized carbons (Fsp3) is 0.895. The number of unbranched alkanes of at least 4 members (excludes halogenated alkanes) is 15. The maximum Gasteiger partial charge on any atom is -0.0266 e. The van der Waals surface area contributed by atoms with E-state index in [0.29, 0.717) is 0 Å². The highest BCUT2D eigenvalue weighted by molar-refractivity contribution is 7.78. The number of rotatable bonds is 16.